The monoisotopic (exact) mass is 298 g/mol. The first-order chi connectivity index (χ1) is 10.1. The normalized spacial score (nSPS) is 16.2. The van der Waals surface area contributed by atoms with Crippen LogP contribution in [-0.2, 0) is 19.3 Å². The second-order valence-electron chi connectivity index (χ2n) is 6.68. The number of halogens is 1. The summed E-state index contributed by atoms with van der Waals surface area (Å²) in [5, 5.41) is 0.116. The average molecular weight is 299 g/mol. The van der Waals surface area contributed by atoms with Gasteiger partial charge in [0.2, 0.25) is 0 Å². The van der Waals surface area contributed by atoms with Gasteiger partial charge in [-0.25, -0.2) is 0 Å². The highest BCUT2D eigenvalue weighted by atomic mass is 35.5. The smallest absolute Gasteiger partial charge is 0.0619 e. The molecule has 0 saturated heterocycles. The summed E-state index contributed by atoms with van der Waals surface area (Å²) in [6.07, 6.45) is 3.36. The summed E-state index contributed by atoms with van der Waals surface area (Å²) in [5.41, 5.74) is 5.63. The van der Waals surface area contributed by atoms with Crippen LogP contribution in [0.3, 0.4) is 0 Å². The lowest BCUT2D eigenvalue weighted by Gasteiger charge is -2.17. The summed E-state index contributed by atoms with van der Waals surface area (Å²) in [7, 11) is 0. The van der Waals surface area contributed by atoms with Crippen LogP contribution in [0.25, 0.3) is 0 Å². The first-order valence-electron chi connectivity index (χ1n) is 7.93. The number of hydrogen-bond acceptors (Lipinski definition) is 0. The van der Waals surface area contributed by atoms with E-state index in [1.54, 1.807) is 0 Å². The zero-order chi connectivity index (χ0) is 14.8. The van der Waals surface area contributed by atoms with Crippen molar-refractivity contribution in [3.05, 3.63) is 70.8 Å². The van der Waals surface area contributed by atoms with E-state index in [2.05, 4.69) is 62.4 Å². The SMILES string of the molecule is CC(C)Cc1ccc(C(Cl)C2Cc3ccccc3C2)cc1. The van der Waals surface area contributed by atoms with Gasteiger partial charge < -0.3 is 0 Å². The van der Waals surface area contributed by atoms with Gasteiger partial charge in [-0.1, -0.05) is 62.4 Å². The van der Waals surface area contributed by atoms with Crippen molar-refractivity contribution in [3.8, 4) is 0 Å². The topological polar surface area (TPSA) is 0 Å². The molecule has 1 aliphatic carbocycles. The van der Waals surface area contributed by atoms with E-state index < -0.39 is 0 Å². The molecule has 0 amide bonds. The predicted octanol–water partition coefficient (Wildman–Crippen LogP) is 5.58. The van der Waals surface area contributed by atoms with E-state index in [9.17, 15) is 0 Å². The molecule has 2 aromatic carbocycles. The molecule has 0 fully saturated rings. The van der Waals surface area contributed by atoms with Crippen LogP contribution in [-0.4, -0.2) is 0 Å². The van der Waals surface area contributed by atoms with Gasteiger partial charge in [0.05, 0.1) is 5.38 Å². The van der Waals surface area contributed by atoms with Crippen LogP contribution in [0.2, 0.25) is 0 Å². The molecule has 0 heterocycles. The van der Waals surface area contributed by atoms with E-state index in [1.807, 2.05) is 0 Å². The van der Waals surface area contributed by atoms with Crippen LogP contribution in [0.5, 0.6) is 0 Å². The maximum atomic E-state index is 6.76. The van der Waals surface area contributed by atoms with Crippen molar-refractivity contribution in [2.45, 2.75) is 38.5 Å². The zero-order valence-electron chi connectivity index (χ0n) is 12.9. The second kappa shape index (κ2) is 6.23. The lowest BCUT2D eigenvalue weighted by atomic mass is 9.94. The summed E-state index contributed by atoms with van der Waals surface area (Å²) in [6.45, 7) is 4.52. The number of hydrogen-bond donors (Lipinski definition) is 0. The Labute approximate surface area is 133 Å². The molecule has 1 atom stereocenters. The quantitative estimate of drug-likeness (QED) is 0.646. The van der Waals surface area contributed by atoms with E-state index in [1.165, 1.54) is 22.3 Å². The predicted molar refractivity (Wildman–Crippen MR) is 90.9 cm³/mol. The van der Waals surface area contributed by atoms with Gasteiger partial charge >= 0.3 is 0 Å². The standard InChI is InChI=1S/C20H23Cl/c1-14(2)11-15-7-9-16(10-8-15)20(21)19-12-17-5-3-4-6-18(17)13-19/h3-10,14,19-20H,11-13H2,1-2H3. The fourth-order valence-electron chi connectivity index (χ4n) is 3.38. The van der Waals surface area contributed by atoms with Crippen LogP contribution < -0.4 is 0 Å². The highest BCUT2D eigenvalue weighted by Gasteiger charge is 2.28. The Hall–Kier alpha value is -1.27. The van der Waals surface area contributed by atoms with E-state index >= 15 is 0 Å². The third-order valence-electron chi connectivity index (χ3n) is 4.44. The largest absolute Gasteiger partial charge is 0.117 e. The summed E-state index contributed by atoms with van der Waals surface area (Å²) in [5.74, 6) is 1.23. The van der Waals surface area contributed by atoms with E-state index in [0.29, 0.717) is 11.8 Å². The lowest BCUT2D eigenvalue weighted by molar-refractivity contribution is 0.540. The Bertz CT molecular complexity index is 572. The van der Waals surface area contributed by atoms with Crippen LogP contribution in [0.15, 0.2) is 48.5 Å². The zero-order valence-corrected chi connectivity index (χ0v) is 13.6. The molecule has 2 aromatic rings. The third kappa shape index (κ3) is 3.32. The Morgan fingerprint density at radius 2 is 1.52 bits per heavy atom. The molecule has 0 spiro atoms. The molecule has 1 unspecified atom stereocenters. The van der Waals surface area contributed by atoms with Crippen LogP contribution >= 0.6 is 11.6 Å². The van der Waals surface area contributed by atoms with Crippen molar-refractivity contribution in [1.29, 1.82) is 0 Å². The average Bonchev–Trinajstić information content (AvgIpc) is 2.90. The summed E-state index contributed by atoms with van der Waals surface area (Å²) in [4.78, 5) is 0. The van der Waals surface area contributed by atoms with Crippen molar-refractivity contribution in [3.63, 3.8) is 0 Å². The summed E-state index contributed by atoms with van der Waals surface area (Å²) >= 11 is 6.76. The Morgan fingerprint density at radius 3 is 2.05 bits per heavy atom. The maximum absolute atomic E-state index is 6.76. The number of benzene rings is 2. The molecule has 0 bridgehead atoms. The van der Waals surface area contributed by atoms with Gasteiger partial charge in [-0.15, -0.1) is 11.6 Å². The highest BCUT2D eigenvalue weighted by Crippen LogP contribution is 2.39. The van der Waals surface area contributed by atoms with Gasteiger partial charge in [0, 0.05) is 0 Å². The number of fused-ring (bicyclic) bond motifs is 1. The van der Waals surface area contributed by atoms with E-state index in [4.69, 9.17) is 11.6 Å². The van der Waals surface area contributed by atoms with Crippen molar-refractivity contribution in [1.82, 2.24) is 0 Å². The molecule has 0 saturated carbocycles. The number of rotatable bonds is 4. The van der Waals surface area contributed by atoms with Crippen molar-refractivity contribution >= 4 is 11.6 Å². The second-order valence-corrected chi connectivity index (χ2v) is 7.15. The Morgan fingerprint density at radius 1 is 0.952 bits per heavy atom. The van der Waals surface area contributed by atoms with Gasteiger partial charge in [-0.2, -0.15) is 0 Å². The molecular weight excluding hydrogens is 276 g/mol. The fraction of sp³-hybridized carbons (Fsp3) is 0.400. The molecule has 0 radical (unpaired) electrons. The fourth-order valence-corrected chi connectivity index (χ4v) is 3.70. The highest BCUT2D eigenvalue weighted by molar-refractivity contribution is 6.21. The summed E-state index contributed by atoms with van der Waals surface area (Å²) in [6, 6.07) is 17.7. The Balaban J connectivity index is 1.70. The van der Waals surface area contributed by atoms with Crippen LogP contribution in [0.1, 0.15) is 41.5 Å². The maximum Gasteiger partial charge on any atom is 0.0619 e. The molecule has 0 nitrogen and oxygen atoms in total. The molecule has 110 valence electrons. The third-order valence-corrected chi connectivity index (χ3v) is 5.05. The Kier molecular flexibility index (Phi) is 4.35. The molecule has 0 N–H and O–H groups in total. The molecule has 0 aliphatic heterocycles. The lowest BCUT2D eigenvalue weighted by Crippen LogP contribution is -2.08. The number of alkyl halides is 1. The minimum Gasteiger partial charge on any atom is -0.117 e. The van der Waals surface area contributed by atoms with Crippen LogP contribution in [0.4, 0.5) is 0 Å². The van der Waals surface area contributed by atoms with Crippen molar-refractivity contribution in [2.24, 2.45) is 11.8 Å². The van der Waals surface area contributed by atoms with E-state index in [0.717, 1.165) is 19.3 Å². The molecule has 0 aromatic heterocycles. The minimum absolute atomic E-state index is 0.116. The van der Waals surface area contributed by atoms with Crippen molar-refractivity contribution < 1.29 is 0 Å². The minimum atomic E-state index is 0.116. The molecular formula is C20H23Cl. The van der Waals surface area contributed by atoms with Gasteiger partial charge in [0.25, 0.3) is 0 Å². The van der Waals surface area contributed by atoms with Crippen LogP contribution in [0, 0.1) is 11.8 Å². The first kappa shape index (κ1) is 14.7. The summed E-state index contributed by atoms with van der Waals surface area (Å²) < 4.78 is 0. The van der Waals surface area contributed by atoms with Gasteiger partial charge in [-0.05, 0) is 53.4 Å². The molecule has 1 aliphatic rings. The van der Waals surface area contributed by atoms with Gasteiger partial charge in [0.1, 0.15) is 0 Å². The van der Waals surface area contributed by atoms with Crippen molar-refractivity contribution in [2.75, 3.05) is 0 Å². The molecule has 3 rings (SSSR count). The molecule has 1 heteroatoms. The van der Waals surface area contributed by atoms with Gasteiger partial charge in [-0.3, -0.25) is 0 Å². The first-order valence-corrected chi connectivity index (χ1v) is 8.37. The van der Waals surface area contributed by atoms with Gasteiger partial charge in [0.15, 0.2) is 0 Å². The molecule has 21 heavy (non-hydrogen) atoms. The van der Waals surface area contributed by atoms with E-state index in [-0.39, 0.29) is 5.38 Å².